The first-order valence-electron chi connectivity index (χ1n) is 6.88. The van der Waals surface area contributed by atoms with Crippen LogP contribution >= 0.6 is 0 Å². The highest BCUT2D eigenvalue weighted by atomic mass is 16.5. The average Bonchev–Trinajstić information content (AvgIpc) is 2.89. The third-order valence-electron chi connectivity index (χ3n) is 2.96. The summed E-state index contributed by atoms with van der Waals surface area (Å²) >= 11 is 0. The molecule has 0 atom stereocenters. The van der Waals surface area contributed by atoms with Gasteiger partial charge in [0.15, 0.2) is 5.82 Å². The minimum absolute atomic E-state index is 0.120. The molecule has 0 spiro atoms. The van der Waals surface area contributed by atoms with Gasteiger partial charge in [0.05, 0.1) is 0 Å². The molecule has 0 aliphatic carbocycles. The van der Waals surface area contributed by atoms with Crippen LogP contribution in [0.1, 0.15) is 36.0 Å². The molecule has 1 amide bonds. The Labute approximate surface area is 123 Å². The van der Waals surface area contributed by atoms with E-state index in [1.807, 2.05) is 0 Å². The number of anilines is 2. The van der Waals surface area contributed by atoms with Crippen LogP contribution in [-0.4, -0.2) is 39.5 Å². The van der Waals surface area contributed by atoms with Crippen molar-refractivity contribution >= 4 is 17.5 Å². The van der Waals surface area contributed by atoms with Gasteiger partial charge in [-0.2, -0.15) is 0 Å². The third-order valence-corrected chi connectivity index (χ3v) is 2.96. The van der Waals surface area contributed by atoms with Gasteiger partial charge >= 0.3 is 0 Å². The van der Waals surface area contributed by atoms with Crippen LogP contribution in [0.15, 0.2) is 23.0 Å². The predicted octanol–water partition coefficient (Wildman–Crippen LogP) is 2.39. The summed E-state index contributed by atoms with van der Waals surface area (Å²) in [6.45, 7) is 4.60. The fourth-order valence-corrected chi connectivity index (χ4v) is 1.79. The molecule has 0 fully saturated rings. The van der Waals surface area contributed by atoms with Gasteiger partial charge in [-0.1, -0.05) is 18.5 Å². The molecule has 21 heavy (non-hydrogen) atoms. The molecular weight excluding hydrogens is 270 g/mol. The van der Waals surface area contributed by atoms with Gasteiger partial charge in [0.25, 0.3) is 5.91 Å². The second-order valence-electron chi connectivity index (χ2n) is 4.82. The fourth-order valence-electron chi connectivity index (χ4n) is 1.79. The molecule has 112 valence electrons. The molecule has 0 aromatic carbocycles. The number of nitrogens with one attached hydrogen (secondary N) is 1. The summed E-state index contributed by atoms with van der Waals surface area (Å²) in [5, 5.41) is 6.79. The van der Waals surface area contributed by atoms with Gasteiger partial charge in [-0.3, -0.25) is 4.79 Å². The summed E-state index contributed by atoms with van der Waals surface area (Å²) < 4.78 is 4.97. The average molecular weight is 289 g/mol. The van der Waals surface area contributed by atoms with Crippen LogP contribution in [0.5, 0.6) is 0 Å². The van der Waals surface area contributed by atoms with E-state index in [1.165, 1.54) is 6.33 Å². The van der Waals surface area contributed by atoms with E-state index in [0.29, 0.717) is 29.6 Å². The molecule has 2 heterocycles. The first-order chi connectivity index (χ1) is 10.1. The second-order valence-corrected chi connectivity index (χ2v) is 4.82. The molecule has 0 radical (unpaired) electrons. The molecule has 0 saturated heterocycles. The molecule has 0 aliphatic heterocycles. The summed E-state index contributed by atoms with van der Waals surface area (Å²) in [5.74, 6) is 1.63. The van der Waals surface area contributed by atoms with Gasteiger partial charge in [0.1, 0.15) is 23.6 Å². The lowest BCUT2D eigenvalue weighted by Gasteiger charge is -2.16. The highest BCUT2D eigenvalue weighted by Gasteiger charge is 2.14. The van der Waals surface area contributed by atoms with Crippen LogP contribution in [0.25, 0.3) is 0 Å². The molecule has 7 nitrogen and oxygen atoms in total. The summed E-state index contributed by atoms with van der Waals surface area (Å²) in [4.78, 5) is 22.0. The Bertz CT molecular complexity index is 611. The van der Waals surface area contributed by atoms with E-state index in [9.17, 15) is 4.79 Å². The Morgan fingerprint density at radius 1 is 1.33 bits per heavy atom. The van der Waals surface area contributed by atoms with Crippen molar-refractivity contribution in [2.75, 3.05) is 18.9 Å². The summed E-state index contributed by atoms with van der Waals surface area (Å²) in [6, 6.07) is 3.35. The Morgan fingerprint density at radius 2 is 2.14 bits per heavy atom. The van der Waals surface area contributed by atoms with Gasteiger partial charge in [0.2, 0.25) is 0 Å². The first-order valence-corrected chi connectivity index (χ1v) is 6.88. The number of carbonyl (C=O) groups excluding carboxylic acids is 1. The number of aryl methyl sites for hydroxylation is 1. The molecule has 1 N–H and O–H groups in total. The SMILES string of the molecule is CCCCN(C)C(=O)c1cc(Nc2cc(C)on2)ncn1. The van der Waals surface area contributed by atoms with Gasteiger partial charge in [-0.05, 0) is 13.3 Å². The van der Waals surface area contributed by atoms with Crippen LogP contribution in [0, 0.1) is 6.92 Å². The Morgan fingerprint density at radius 3 is 2.81 bits per heavy atom. The van der Waals surface area contributed by atoms with Crippen molar-refractivity contribution in [1.82, 2.24) is 20.0 Å². The predicted molar refractivity (Wildman–Crippen MR) is 78.4 cm³/mol. The van der Waals surface area contributed by atoms with Gasteiger partial charge in [-0.25, -0.2) is 9.97 Å². The molecule has 7 heteroatoms. The normalized spacial score (nSPS) is 10.4. The van der Waals surface area contributed by atoms with Crippen molar-refractivity contribution in [3.05, 3.63) is 29.9 Å². The van der Waals surface area contributed by atoms with E-state index in [0.717, 1.165) is 12.8 Å². The molecule has 0 saturated carbocycles. The summed E-state index contributed by atoms with van der Waals surface area (Å²) in [7, 11) is 1.77. The number of hydrogen-bond donors (Lipinski definition) is 1. The van der Waals surface area contributed by atoms with Gasteiger partial charge < -0.3 is 14.7 Å². The Hall–Kier alpha value is -2.44. The third kappa shape index (κ3) is 4.01. The van der Waals surface area contributed by atoms with Crippen LogP contribution in [0.4, 0.5) is 11.6 Å². The highest BCUT2D eigenvalue weighted by Crippen LogP contribution is 2.14. The van der Waals surface area contributed by atoms with E-state index in [1.54, 1.807) is 31.0 Å². The van der Waals surface area contributed by atoms with Crippen LogP contribution in [0.3, 0.4) is 0 Å². The van der Waals surface area contributed by atoms with Crippen molar-refractivity contribution in [3.63, 3.8) is 0 Å². The van der Waals surface area contributed by atoms with E-state index in [-0.39, 0.29) is 5.91 Å². The molecule has 0 aliphatic rings. The zero-order valence-corrected chi connectivity index (χ0v) is 12.5. The molecular formula is C14H19N5O2. The van der Waals surface area contributed by atoms with E-state index >= 15 is 0 Å². The highest BCUT2D eigenvalue weighted by molar-refractivity contribution is 5.92. The zero-order valence-electron chi connectivity index (χ0n) is 12.5. The van der Waals surface area contributed by atoms with Crippen molar-refractivity contribution < 1.29 is 9.32 Å². The van der Waals surface area contributed by atoms with Crippen molar-refractivity contribution in [1.29, 1.82) is 0 Å². The zero-order chi connectivity index (χ0) is 15.2. The Balaban J connectivity index is 2.08. The molecule has 2 aromatic heterocycles. The number of amides is 1. The lowest BCUT2D eigenvalue weighted by molar-refractivity contribution is 0.0787. The van der Waals surface area contributed by atoms with E-state index in [2.05, 4.69) is 27.4 Å². The number of aromatic nitrogens is 3. The number of carbonyl (C=O) groups is 1. The molecule has 0 bridgehead atoms. The number of nitrogens with zero attached hydrogens (tertiary/aromatic N) is 4. The van der Waals surface area contributed by atoms with Crippen molar-refractivity contribution in [2.45, 2.75) is 26.7 Å². The van der Waals surface area contributed by atoms with Gasteiger partial charge in [-0.15, -0.1) is 0 Å². The van der Waals surface area contributed by atoms with Crippen LogP contribution in [0.2, 0.25) is 0 Å². The largest absolute Gasteiger partial charge is 0.360 e. The quantitative estimate of drug-likeness (QED) is 0.879. The first kappa shape index (κ1) is 15.0. The molecule has 2 rings (SSSR count). The lowest BCUT2D eigenvalue weighted by atomic mass is 10.3. The van der Waals surface area contributed by atoms with Crippen LogP contribution < -0.4 is 5.32 Å². The summed E-state index contributed by atoms with van der Waals surface area (Å²) in [6.07, 6.45) is 3.37. The maximum absolute atomic E-state index is 12.2. The lowest BCUT2D eigenvalue weighted by Crippen LogP contribution is -2.28. The van der Waals surface area contributed by atoms with Crippen molar-refractivity contribution in [2.24, 2.45) is 0 Å². The van der Waals surface area contributed by atoms with E-state index in [4.69, 9.17) is 4.52 Å². The number of rotatable bonds is 6. The van der Waals surface area contributed by atoms with Gasteiger partial charge in [0, 0.05) is 25.7 Å². The molecule has 2 aromatic rings. The maximum atomic E-state index is 12.2. The number of hydrogen-bond acceptors (Lipinski definition) is 6. The van der Waals surface area contributed by atoms with Crippen LogP contribution in [-0.2, 0) is 0 Å². The number of unbranched alkanes of at least 4 members (excludes halogenated alkanes) is 1. The monoisotopic (exact) mass is 289 g/mol. The minimum Gasteiger partial charge on any atom is -0.360 e. The minimum atomic E-state index is -0.120. The maximum Gasteiger partial charge on any atom is 0.272 e. The molecule has 0 unspecified atom stereocenters. The Kier molecular flexibility index (Phi) is 4.86. The van der Waals surface area contributed by atoms with E-state index < -0.39 is 0 Å². The summed E-state index contributed by atoms with van der Waals surface area (Å²) in [5.41, 5.74) is 0.353. The fraction of sp³-hybridized carbons (Fsp3) is 0.429. The standard InChI is InChI=1S/C14H19N5O2/c1-4-5-6-19(3)14(20)11-8-12(16-9-15-11)17-13-7-10(2)21-18-13/h7-9H,4-6H2,1-3H3,(H,15,16,17,18). The smallest absolute Gasteiger partial charge is 0.272 e. The second kappa shape index (κ2) is 6.83. The topological polar surface area (TPSA) is 84.2 Å². The van der Waals surface area contributed by atoms with Crippen molar-refractivity contribution in [3.8, 4) is 0 Å².